The quantitative estimate of drug-likeness (QED) is 0.715. The highest BCUT2D eigenvalue weighted by atomic mass is 35.5. The Morgan fingerprint density at radius 3 is 2.30 bits per heavy atom. The predicted molar refractivity (Wildman–Crippen MR) is 86.1 cm³/mol. The summed E-state index contributed by atoms with van der Waals surface area (Å²) in [5, 5.41) is 0.843. The van der Waals surface area contributed by atoms with Crippen molar-refractivity contribution < 1.29 is 4.74 Å². The van der Waals surface area contributed by atoms with Crippen LogP contribution >= 0.6 is 23.2 Å². The zero-order chi connectivity index (χ0) is 14.7. The third-order valence-electron chi connectivity index (χ3n) is 3.34. The number of nitrogens with two attached hydrogens (primary N) is 1. The Morgan fingerprint density at radius 2 is 1.70 bits per heavy atom. The summed E-state index contributed by atoms with van der Waals surface area (Å²) < 4.78 is 5.75. The minimum absolute atomic E-state index is 0.420. The van der Waals surface area contributed by atoms with Gasteiger partial charge in [0.15, 0.2) is 5.75 Å². The zero-order valence-electron chi connectivity index (χ0n) is 11.5. The van der Waals surface area contributed by atoms with Crippen molar-refractivity contribution in [2.24, 2.45) is 0 Å². The second kappa shape index (κ2) is 6.38. The van der Waals surface area contributed by atoms with Gasteiger partial charge in [0, 0.05) is 6.07 Å². The SMILES string of the molecule is CCC(C)c1ccc(Oc2cc(Cl)c(Cl)cc2N)cc1. The van der Waals surface area contributed by atoms with Gasteiger partial charge in [-0.2, -0.15) is 0 Å². The molecular formula is C16H17Cl2NO. The summed E-state index contributed by atoms with van der Waals surface area (Å²) in [5.41, 5.74) is 7.63. The fourth-order valence-electron chi connectivity index (χ4n) is 1.86. The molecule has 0 bridgehead atoms. The van der Waals surface area contributed by atoms with Gasteiger partial charge in [0.25, 0.3) is 0 Å². The molecule has 0 spiro atoms. The van der Waals surface area contributed by atoms with Gasteiger partial charge in [0.05, 0.1) is 15.7 Å². The number of rotatable bonds is 4. The van der Waals surface area contributed by atoms with Crippen LogP contribution in [-0.4, -0.2) is 0 Å². The molecule has 0 heterocycles. The maximum atomic E-state index is 5.97. The molecule has 1 unspecified atom stereocenters. The van der Waals surface area contributed by atoms with Crippen molar-refractivity contribution in [3.8, 4) is 11.5 Å². The Balaban J connectivity index is 2.20. The Hall–Kier alpha value is -1.38. The van der Waals surface area contributed by atoms with Gasteiger partial charge in [-0.15, -0.1) is 0 Å². The summed E-state index contributed by atoms with van der Waals surface area (Å²) in [6.07, 6.45) is 1.11. The van der Waals surface area contributed by atoms with Gasteiger partial charge < -0.3 is 10.5 Å². The molecule has 2 aromatic rings. The molecule has 20 heavy (non-hydrogen) atoms. The van der Waals surface area contributed by atoms with Gasteiger partial charge in [-0.05, 0) is 36.1 Å². The highest BCUT2D eigenvalue weighted by Gasteiger charge is 2.08. The van der Waals surface area contributed by atoms with Crippen LogP contribution in [0.1, 0.15) is 31.7 Å². The first-order chi connectivity index (χ1) is 9.51. The van der Waals surface area contributed by atoms with Crippen LogP contribution in [0, 0.1) is 0 Å². The van der Waals surface area contributed by atoms with Crippen molar-refractivity contribution in [1.82, 2.24) is 0 Å². The summed E-state index contributed by atoms with van der Waals surface area (Å²) >= 11 is 11.9. The molecule has 0 aromatic heterocycles. The van der Waals surface area contributed by atoms with Crippen LogP contribution < -0.4 is 10.5 Å². The van der Waals surface area contributed by atoms with E-state index in [1.807, 2.05) is 12.1 Å². The molecule has 2 aromatic carbocycles. The Bertz CT molecular complexity index is 596. The maximum absolute atomic E-state index is 5.97. The highest BCUT2D eigenvalue weighted by molar-refractivity contribution is 6.42. The lowest BCUT2D eigenvalue weighted by Crippen LogP contribution is -1.94. The number of hydrogen-bond acceptors (Lipinski definition) is 2. The molecule has 0 aliphatic carbocycles. The average molecular weight is 310 g/mol. The van der Waals surface area contributed by atoms with Crippen LogP contribution in [0.15, 0.2) is 36.4 Å². The van der Waals surface area contributed by atoms with E-state index in [4.69, 9.17) is 33.7 Å². The van der Waals surface area contributed by atoms with Gasteiger partial charge in [-0.25, -0.2) is 0 Å². The second-order valence-corrected chi connectivity index (χ2v) is 5.60. The molecule has 1 atom stereocenters. The lowest BCUT2D eigenvalue weighted by molar-refractivity contribution is 0.484. The molecule has 2 rings (SSSR count). The van der Waals surface area contributed by atoms with E-state index in [2.05, 4.69) is 26.0 Å². The van der Waals surface area contributed by atoms with E-state index in [-0.39, 0.29) is 0 Å². The molecule has 0 amide bonds. The minimum Gasteiger partial charge on any atom is -0.455 e. The van der Waals surface area contributed by atoms with Gasteiger partial charge in [0.2, 0.25) is 0 Å². The maximum Gasteiger partial charge on any atom is 0.151 e. The van der Waals surface area contributed by atoms with Crippen LogP contribution in [0.2, 0.25) is 10.0 Å². The predicted octanol–water partition coefficient (Wildman–Crippen LogP) is 5.88. The summed E-state index contributed by atoms with van der Waals surface area (Å²) in [5.74, 6) is 1.77. The zero-order valence-corrected chi connectivity index (χ0v) is 13.0. The van der Waals surface area contributed by atoms with Crippen LogP contribution in [0.25, 0.3) is 0 Å². The first-order valence-electron chi connectivity index (χ1n) is 6.53. The van der Waals surface area contributed by atoms with Crippen molar-refractivity contribution in [3.63, 3.8) is 0 Å². The normalized spacial score (nSPS) is 12.2. The average Bonchev–Trinajstić information content (AvgIpc) is 2.44. The number of hydrogen-bond donors (Lipinski definition) is 1. The van der Waals surface area contributed by atoms with Crippen molar-refractivity contribution in [3.05, 3.63) is 52.0 Å². The Morgan fingerprint density at radius 1 is 1.10 bits per heavy atom. The van der Waals surface area contributed by atoms with Gasteiger partial charge >= 0.3 is 0 Å². The second-order valence-electron chi connectivity index (χ2n) is 4.78. The molecule has 4 heteroatoms. The van der Waals surface area contributed by atoms with Crippen molar-refractivity contribution in [1.29, 1.82) is 0 Å². The number of nitrogen functional groups attached to an aromatic ring is 1. The Kier molecular flexibility index (Phi) is 4.79. The van der Waals surface area contributed by atoms with E-state index >= 15 is 0 Å². The standard InChI is InChI=1S/C16H17Cl2NO/c1-3-10(2)11-4-6-12(7-5-11)20-16-9-14(18)13(17)8-15(16)19/h4-10H,3,19H2,1-2H3. The van der Waals surface area contributed by atoms with Crippen LogP contribution in [-0.2, 0) is 0 Å². The number of ether oxygens (including phenoxy) is 1. The molecule has 0 fully saturated rings. The van der Waals surface area contributed by atoms with Crippen LogP contribution in [0.3, 0.4) is 0 Å². The van der Waals surface area contributed by atoms with Gasteiger partial charge in [-0.1, -0.05) is 49.2 Å². The monoisotopic (exact) mass is 309 g/mol. The van der Waals surface area contributed by atoms with E-state index in [9.17, 15) is 0 Å². The number of halogens is 2. The van der Waals surface area contributed by atoms with Crippen molar-refractivity contribution in [2.45, 2.75) is 26.2 Å². The van der Waals surface area contributed by atoms with E-state index < -0.39 is 0 Å². The number of anilines is 1. The van der Waals surface area contributed by atoms with Crippen molar-refractivity contribution in [2.75, 3.05) is 5.73 Å². The van der Waals surface area contributed by atoms with Crippen LogP contribution in [0.4, 0.5) is 5.69 Å². The molecule has 2 nitrogen and oxygen atoms in total. The molecule has 0 radical (unpaired) electrons. The van der Waals surface area contributed by atoms with E-state index in [0.29, 0.717) is 27.4 Å². The number of benzene rings is 2. The third kappa shape index (κ3) is 3.38. The summed E-state index contributed by atoms with van der Waals surface area (Å²) in [6, 6.07) is 11.2. The fourth-order valence-corrected chi connectivity index (χ4v) is 2.19. The summed E-state index contributed by atoms with van der Waals surface area (Å²) in [4.78, 5) is 0. The molecule has 0 aliphatic heterocycles. The van der Waals surface area contributed by atoms with Gasteiger partial charge in [-0.3, -0.25) is 0 Å². The molecule has 0 aliphatic rings. The molecular weight excluding hydrogens is 293 g/mol. The van der Waals surface area contributed by atoms with Crippen molar-refractivity contribution >= 4 is 28.9 Å². The lowest BCUT2D eigenvalue weighted by Gasteiger charge is -2.12. The Labute approximate surface area is 129 Å². The van der Waals surface area contributed by atoms with Gasteiger partial charge in [0.1, 0.15) is 5.75 Å². The summed E-state index contributed by atoms with van der Waals surface area (Å²) in [6.45, 7) is 4.37. The highest BCUT2D eigenvalue weighted by Crippen LogP contribution is 2.35. The first-order valence-corrected chi connectivity index (χ1v) is 7.29. The smallest absolute Gasteiger partial charge is 0.151 e. The van der Waals surface area contributed by atoms with E-state index in [1.165, 1.54) is 5.56 Å². The van der Waals surface area contributed by atoms with E-state index in [1.54, 1.807) is 12.1 Å². The molecule has 2 N–H and O–H groups in total. The van der Waals surface area contributed by atoms with E-state index in [0.717, 1.165) is 12.2 Å². The topological polar surface area (TPSA) is 35.2 Å². The minimum atomic E-state index is 0.420. The molecule has 0 saturated heterocycles. The van der Waals surface area contributed by atoms with Crippen LogP contribution in [0.5, 0.6) is 11.5 Å². The summed E-state index contributed by atoms with van der Waals surface area (Å²) in [7, 11) is 0. The molecule has 0 saturated carbocycles. The largest absolute Gasteiger partial charge is 0.455 e. The molecule has 106 valence electrons. The third-order valence-corrected chi connectivity index (χ3v) is 4.06. The fraction of sp³-hybridized carbons (Fsp3) is 0.250. The lowest BCUT2D eigenvalue weighted by atomic mass is 9.99. The first kappa shape index (κ1) is 15.0.